The number of thiol groups is 1. The first-order valence-corrected chi connectivity index (χ1v) is 5.61. The van der Waals surface area contributed by atoms with Crippen molar-refractivity contribution in [3.05, 3.63) is 52.4 Å². The number of hydrogen-bond donors (Lipinski definition) is 2. The predicted octanol–water partition coefficient (Wildman–Crippen LogP) is 3.05. The summed E-state index contributed by atoms with van der Waals surface area (Å²) in [4.78, 5) is 10.7. The van der Waals surface area contributed by atoms with Crippen molar-refractivity contribution < 1.29 is 14.4 Å². The lowest BCUT2D eigenvalue weighted by molar-refractivity contribution is 0.0685. The summed E-state index contributed by atoms with van der Waals surface area (Å²) < 4.78 is 4.93. The number of nitrogens with zero attached hydrogens (tertiary/aromatic N) is 1. The molecule has 0 fully saturated rings. The molecule has 0 amide bonds. The Morgan fingerprint density at radius 3 is 2.82 bits per heavy atom. The van der Waals surface area contributed by atoms with Crippen molar-refractivity contribution in [3.8, 4) is 0 Å². The first-order valence-electron chi connectivity index (χ1n) is 4.71. The van der Waals surface area contributed by atoms with Gasteiger partial charge in [0, 0.05) is 11.1 Å². The molecular weight excluding hydrogens is 262 g/mol. The molecule has 1 aromatic heterocycles. The Bertz CT molecular complexity index is 555. The molecule has 0 bridgehead atoms. The minimum atomic E-state index is -1.13. The number of aromatic carboxylic acids is 1. The summed E-state index contributed by atoms with van der Waals surface area (Å²) in [6.07, 6.45) is 0. The van der Waals surface area contributed by atoms with Gasteiger partial charge in [0.2, 0.25) is 0 Å². The van der Waals surface area contributed by atoms with Crippen molar-refractivity contribution in [1.29, 1.82) is 0 Å². The third-order valence-corrected chi connectivity index (χ3v) is 2.97. The summed E-state index contributed by atoms with van der Waals surface area (Å²) in [5, 5.41) is 12.3. The number of halogens is 1. The Kier molecular flexibility index (Phi) is 3.40. The maximum absolute atomic E-state index is 10.7. The van der Waals surface area contributed by atoms with Crippen LogP contribution in [0.15, 0.2) is 34.9 Å². The minimum Gasteiger partial charge on any atom is -0.476 e. The Hall–Kier alpha value is -1.46. The van der Waals surface area contributed by atoms with Crippen molar-refractivity contribution in [1.82, 2.24) is 5.16 Å². The van der Waals surface area contributed by atoms with Gasteiger partial charge >= 0.3 is 5.97 Å². The molecule has 0 saturated heterocycles. The Morgan fingerprint density at radius 2 is 2.24 bits per heavy atom. The number of carboxylic acid groups (broad SMARTS) is 1. The SMILES string of the molecule is O=C(O)c1cc(C(S)c2cccc(Cl)c2)on1. The van der Waals surface area contributed by atoms with Gasteiger partial charge in [-0.15, -0.1) is 0 Å². The van der Waals surface area contributed by atoms with E-state index in [1.165, 1.54) is 6.07 Å². The van der Waals surface area contributed by atoms with Gasteiger partial charge in [-0.05, 0) is 17.7 Å². The summed E-state index contributed by atoms with van der Waals surface area (Å²) in [5.41, 5.74) is 0.676. The molecule has 2 rings (SSSR count). The van der Waals surface area contributed by atoms with E-state index in [4.69, 9.17) is 21.2 Å². The molecule has 0 saturated carbocycles. The molecule has 0 aliphatic carbocycles. The Balaban J connectivity index is 2.30. The second-order valence-electron chi connectivity index (χ2n) is 3.38. The van der Waals surface area contributed by atoms with Crippen LogP contribution in [0.5, 0.6) is 0 Å². The van der Waals surface area contributed by atoms with Crippen LogP contribution in [0, 0.1) is 0 Å². The zero-order chi connectivity index (χ0) is 12.4. The summed E-state index contributed by atoms with van der Waals surface area (Å²) in [5.74, 6) is -0.764. The normalized spacial score (nSPS) is 12.4. The lowest BCUT2D eigenvalue weighted by Crippen LogP contribution is -1.95. The topological polar surface area (TPSA) is 63.3 Å². The zero-order valence-corrected chi connectivity index (χ0v) is 10.2. The van der Waals surface area contributed by atoms with Crippen LogP contribution in [-0.2, 0) is 0 Å². The van der Waals surface area contributed by atoms with Crippen LogP contribution >= 0.6 is 24.2 Å². The Morgan fingerprint density at radius 1 is 1.47 bits per heavy atom. The molecule has 1 heterocycles. The van der Waals surface area contributed by atoms with Crippen molar-refractivity contribution in [2.24, 2.45) is 0 Å². The molecule has 2 aromatic rings. The lowest BCUT2D eigenvalue weighted by Gasteiger charge is -2.06. The molecule has 6 heteroatoms. The number of hydrogen-bond acceptors (Lipinski definition) is 4. The molecule has 88 valence electrons. The molecule has 1 aromatic carbocycles. The van der Waals surface area contributed by atoms with E-state index in [2.05, 4.69) is 17.8 Å². The van der Waals surface area contributed by atoms with Gasteiger partial charge in [-0.2, -0.15) is 12.6 Å². The molecule has 1 atom stereocenters. The first-order chi connectivity index (χ1) is 8.08. The molecule has 1 unspecified atom stereocenters. The zero-order valence-electron chi connectivity index (χ0n) is 8.50. The monoisotopic (exact) mass is 269 g/mol. The van der Waals surface area contributed by atoms with E-state index in [9.17, 15) is 4.79 Å². The fourth-order valence-electron chi connectivity index (χ4n) is 1.36. The molecule has 0 aliphatic heterocycles. The van der Waals surface area contributed by atoms with Crippen LogP contribution in [0.25, 0.3) is 0 Å². The summed E-state index contributed by atoms with van der Waals surface area (Å²) in [6, 6.07) is 8.44. The number of carbonyl (C=O) groups is 1. The quantitative estimate of drug-likeness (QED) is 0.841. The molecular formula is C11H8ClNO3S. The molecule has 0 radical (unpaired) electrons. The molecule has 0 spiro atoms. The third kappa shape index (κ3) is 2.62. The van der Waals surface area contributed by atoms with E-state index in [-0.39, 0.29) is 5.69 Å². The van der Waals surface area contributed by atoms with Gasteiger partial charge in [-0.25, -0.2) is 4.79 Å². The predicted molar refractivity (Wildman–Crippen MR) is 65.7 cm³/mol. The summed E-state index contributed by atoms with van der Waals surface area (Å²) in [7, 11) is 0. The van der Waals surface area contributed by atoms with Gasteiger partial charge in [0.15, 0.2) is 11.5 Å². The van der Waals surface area contributed by atoms with Crippen LogP contribution in [0.4, 0.5) is 0 Å². The van der Waals surface area contributed by atoms with E-state index in [0.29, 0.717) is 10.8 Å². The number of aromatic nitrogens is 1. The van der Waals surface area contributed by atoms with Gasteiger partial charge in [-0.3, -0.25) is 0 Å². The van der Waals surface area contributed by atoms with Gasteiger partial charge in [0.25, 0.3) is 0 Å². The largest absolute Gasteiger partial charge is 0.476 e. The van der Waals surface area contributed by atoms with Gasteiger partial charge in [-0.1, -0.05) is 28.9 Å². The van der Waals surface area contributed by atoms with Crippen LogP contribution in [0.1, 0.15) is 27.1 Å². The fourth-order valence-corrected chi connectivity index (χ4v) is 1.84. The van der Waals surface area contributed by atoms with Crippen LogP contribution in [0.2, 0.25) is 5.02 Å². The van der Waals surface area contributed by atoms with Crippen molar-refractivity contribution in [3.63, 3.8) is 0 Å². The second-order valence-corrected chi connectivity index (χ2v) is 4.33. The standard InChI is InChI=1S/C11H8ClNO3S/c12-7-3-1-2-6(4-7)10(17)9-5-8(11(14)15)13-16-9/h1-5,10,17H,(H,14,15). The van der Waals surface area contributed by atoms with E-state index in [1.807, 2.05) is 6.07 Å². The lowest BCUT2D eigenvalue weighted by atomic mass is 10.1. The van der Waals surface area contributed by atoms with Crippen LogP contribution < -0.4 is 0 Å². The molecule has 17 heavy (non-hydrogen) atoms. The first kappa shape index (κ1) is 12.0. The summed E-state index contributed by atoms with van der Waals surface area (Å²) in [6.45, 7) is 0. The van der Waals surface area contributed by atoms with Gasteiger partial charge in [0.1, 0.15) is 0 Å². The average molecular weight is 270 g/mol. The minimum absolute atomic E-state index is 0.138. The highest BCUT2D eigenvalue weighted by Gasteiger charge is 2.18. The van der Waals surface area contributed by atoms with E-state index < -0.39 is 11.2 Å². The molecule has 0 aliphatic rings. The highest BCUT2D eigenvalue weighted by molar-refractivity contribution is 7.80. The number of rotatable bonds is 3. The fraction of sp³-hybridized carbons (Fsp3) is 0.0909. The smallest absolute Gasteiger partial charge is 0.358 e. The van der Waals surface area contributed by atoms with Crippen molar-refractivity contribution in [2.75, 3.05) is 0 Å². The maximum Gasteiger partial charge on any atom is 0.358 e. The van der Waals surface area contributed by atoms with Gasteiger partial charge in [0.05, 0.1) is 5.25 Å². The second kappa shape index (κ2) is 4.81. The van der Waals surface area contributed by atoms with Crippen LogP contribution in [0.3, 0.4) is 0 Å². The maximum atomic E-state index is 10.7. The van der Waals surface area contributed by atoms with Crippen LogP contribution in [-0.4, -0.2) is 16.2 Å². The Labute approximate surface area is 108 Å². The van der Waals surface area contributed by atoms with E-state index in [0.717, 1.165) is 5.56 Å². The number of benzene rings is 1. The molecule has 1 N–H and O–H groups in total. The highest BCUT2D eigenvalue weighted by Crippen LogP contribution is 2.30. The van der Waals surface area contributed by atoms with E-state index >= 15 is 0 Å². The molecule has 4 nitrogen and oxygen atoms in total. The van der Waals surface area contributed by atoms with Crippen molar-refractivity contribution >= 4 is 30.2 Å². The number of carboxylic acids is 1. The third-order valence-electron chi connectivity index (χ3n) is 2.18. The average Bonchev–Trinajstić information content (AvgIpc) is 2.77. The van der Waals surface area contributed by atoms with E-state index in [1.54, 1.807) is 18.2 Å². The van der Waals surface area contributed by atoms with Crippen molar-refractivity contribution in [2.45, 2.75) is 5.25 Å². The highest BCUT2D eigenvalue weighted by atomic mass is 35.5. The summed E-state index contributed by atoms with van der Waals surface area (Å²) >= 11 is 10.2. The van der Waals surface area contributed by atoms with Gasteiger partial charge < -0.3 is 9.63 Å².